The van der Waals surface area contributed by atoms with Gasteiger partial charge in [-0.15, -0.1) is 0 Å². The molecule has 4 nitrogen and oxygen atoms in total. The summed E-state index contributed by atoms with van der Waals surface area (Å²) < 4.78 is 49.8. The number of aliphatic carboxylic acids is 1. The Morgan fingerprint density at radius 3 is 2.42 bits per heavy atom. The first-order chi connectivity index (χ1) is 11.0. The first kappa shape index (κ1) is 16.4. The van der Waals surface area contributed by atoms with Gasteiger partial charge in [-0.1, -0.05) is 20.8 Å². The van der Waals surface area contributed by atoms with Crippen molar-refractivity contribution in [1.29, 1.82) is 0 Å². The Kier molecular flexibility index (Phi) is 3.44. The van der Waals surface area contributed by atoms with Gasteiger partial charge >= 0.3 is 12.1 Å². The van der Waals surface area contributed by atoms with Gasteiger partial charge < -0.3 is 14.3 Å². The SMILES string of the molecule is CC(C)(C)c1coc2cc3c(cc12)OC(C(F)(F)F)C(C(=O)O)=C3. The number of hydrogen-bond acceptors (Lipinski definition) is 3. The first-order valence-electron chi connectivity index (χ1n) is 7.22. The summed E-state index contributed by atoms with van der Waals surface area (Å²) >= 11 is 0. The third kappa shape index (κ3) is 2.64. The number of rotatable bonds is 1. The fourth-order valence-corrected chi connectivity index (χ4v) is 2.72. The third-order valence-electron chi connectivity index (χ3n) is 3.90. The molecule has 1 aliphatic heterocycles. The zero-order chi connectivity index (χ0) is 17.9. The highest BCUT2D eigenvalue weighted by Crippen LogP contribution is 2.41. The zero-order valence-corrected chi connectivity index (χ0v) is 13.2. The molecule has 0 bridgehead atoms. The lowest BCUT2D eigenvalue weighted by Crippen LogP contribution is -2.40. The average Bonchev–Trinajstić information content (AvgIpc) is 2.84. The second kappa shape index (κ2) is 5.03. The van der Waals surface area contributed by atoms with Crippen molar-refractivity contribution in [3.63, 3.8) is 0 Å². The van der Waals surface area contributed by atoms with Gasteiger partial charge in [0, 0.05) is 16.5 Å². The van der Waals surface area contributed by atoms with Crippen LogP contribution in [0.25, 0.3) is 17.0 Å². The summed E-state index contributed by atoms with van der Waals surface area (Å²) in [6, 6.07) is 2.97. The summed E-state index contributed by atoms with van der Waals surface area (Å²) in [7, 11) is 0. The van der Waals surface area contributed by atoms with E-state index in [1.807, 2.05) is 20.8 Å². The maximum Gasteiger partial charge on any atom is 0.430 e. The molecule has 7 heteroatoms. The predicted octanol–water partition coefficient (Wildman–Crippen LogP) is 4.52. The zero-order valence-electron chi connectivity index (χ0n) is 13.2. The van der Waals surface area contributed by atoms with Crippen LogP contribution in [0.3, 0.4) is 0 Å². The number of benzene rings is 1. The molecular formula is C17H15F3O4. The lowest BCUT2D eigenvalue weighted by Gasteiger charge is -2.27. The molecule has 1 aromatic carbocycles. The smallest absolute Gasteiger partial charge is 0.430 e. The number of halogens is 3. The summed E-state index contributed by atoms with van der Waals surface area (Å²) in [6.07, 6.45) is -4.78. The van der Waals surface area contributed by atoms with Crippen LogP contribution >= 0.6 is 0 Å². The quantitative estimate of drug-likeness (QED) is 0.829. The molecule has 1 aromatic heterocycles. The van der Waals surface area contributed by atoms with Crippen molar-refractivity contribution in [3.05, 3.63) is 35.1 Å². The molecular weight excluding hydrogens is 325 g/mol. The molecule has 1 atom stereocenters. The standard InChI is InChI=1S/C17H15F3O4/c1-16(2,3)11-7-23-13-5-8-4-10(15(21)22)14(17(18,19)20)24-12(8)6-9(11)13/h4-7,14H,1-3H3,(H,21,22). The topological polar surface area (TPSA) is 59.7 Å². The molecule has 2 aromatic rings. The molecule has 1 aliphatic rings. The normalized spacial score (nSPS) is 18.1. The Morgan fingerprint density at radius 2 is 1.88 bits per heavy atom. The highest BCUT2D eigenvalue weighted by Gasteiger charge is 2.48. The van der Waals surface area contributed by atoms with E-state index in [1.165, 1.54) is 12.1 Å². The van der Waals surface area contributed by atoms with Crippen molar-refractivity contribution in [2.75, 3.05) is 0 Å². The number of hydrogen-bond donors (Lipinski definition) is 1. The Hall–Kier alpha value is -2.44. The monoisotopic (exact) mass is 340 g/mol. The second-order valence-electron chi connectivity index (χ2n) is 6.73. The molecule has 0 radical (unpaired) electrons. The van der Waals surface area contributed by atoms with Gasteiger partial charge in [0.2, 0.25) is 6.10 Å². The minimum Gasteiger partial charge on any atom is -0.478 e. The van der Waals surface area contributed by atoms with Crippen molar-refractivity contribution in [3.8, 4) is 5.75 Å². The Morgan fingerprint density at radius 1 is 1.21 bits per heavy atom. The Balaban J connectivity index is 2.20. The van der Waals surface area contributed by atoms with E-state index in [2.05, 4.69) is 0 Å². The molecule has 24 heavy (non-hydrogen) atoms. The number of carboxylic acid groups (broad SMARTS) is 1. The van der Waals surface area contributed by atoms with Crippen molar-refractivity contribution in [1.82, 2.24) is 0 Å². The molecule has 0 amide bonds. The van der Waals surface area contributed by atoms with Gasteiger partial charge in [0.1, 0.15) is 11.3 Å². The van der Waals surface area contributed by atoms with Crippen LogP contribution in [0.5, 0.6) is 5.75 Å². The highest BCUT2D eigenvalue weighted by molar-refractivity contribution is 5.97. The van der Waals surface area contributed by atoms with Crippen molar-refractivity contribution < 1.29 is 32.2 Å². The lowest BCUT2D eigenvalue weighted by atomic mass is 9.86. The molecule has 128 valence electrons. The molecule has 0 fully saturated rings. The number of alkyl halides is 3. The van der Waals surface area contributed by atoms with Crippen molar-refractivity contribution >= 4 is 23.0 Å². The van der Waals surface area contributed by atoms with E-state index in [4.69, 9.17) is 14.3 Å². The second-order valence-corrected chi connectivity index (χ2v) is 6.73. The molecule has 1 unspecified atom stereocenters. The van der Waals surface area contributed by atoms with E-state index in [0.29, 0.717) is 11.0 Å². The van der Waals surface area contributed by atoms with E-state index in [9.17, 15) is 18.0 Å². The van der Waals surface area contributed by atoms with E-state index in [0.717, 1.165) is 11.6 Å². The molecule has 0 aliphatic carbocycles. The van der Waals surface area contributed by atoms with Crippen LogP contribution in [-0.2, 0) is 10.2 Å². The molecule has 0 spiro atoms. The average molecular weight is 340 g/mol. The number of furan rings is 1. The Labute approximate surface area is 135 Å². The number of carboxylic acids is 1. The third-order valence-corrected chi connectivity index (χ3v) is 3.90. The van der Waals surface area contributed by atoms with Crippen LogP contribution in [0.2, 0.25) is 0 Å². The molecule has 1 N–H and O–H groups in total. The van der Waals surface area contributed by atoms with Crippen LogP contribution in [0.4, 0.5) is 13.2 Å². The molecule has 0 saturated heterocycles. The van der Waals surface area contributed by atoms with Gasteiger partial charge in [-0.2, -0.15) is 13.2 Å². The van der Waals surface area contributed by atoms with E-state index >= 15 is 0 Å². The maximum atomic E-state index is 13.1. The lowest BCUT2D eigenvalue weighted by molar-refractivity contribution is -0.187. The summed E-state index contributed by atoms with van der Waals surface area (Å²) in [5, 5.41) is 9.70. The van der Waals surface area contributed by atoms with E-state index in [1.54, 1.807) is 6.26 Å². The van der Waals surface area contributed by atoms with Crippen LogP contribution in [-0.4, -0.2) is 23.4 Å². The van der Waals surface area contributed by atoms with Gasteiger partial charge in [-0.05, 0) is 23.6 Å². The van der Waals surface area contributed by atoms with Crippen molar-refractivity contribution in [2.24, 2.45) is 0 Å². The fourth-order valence-electron chi connectivity index (χ4n) is 2.72. The Bertz CT molecular complexity index is 853. The number of carbonyl (C=O) groups is 1. The predicted molar refractivity (Wildman–Crippen MR) is 81.0 cm³/mol. The minimum atomic E-state index is -4.82. The number of fused-ring (bicyclic) bond motifs is 2. The van der Waals surface area contributed by atoms with Gasteiger partial charge in [0.25, 0.3) is 0 Å². The summed E-state index contributed by atoms with van der Waals surface area (Å²) in [5.41, 5.74) is 0.431. The summed E-state index contributed by atoms with van der Waals surface area (Å²) in [6.45, 7) is 5.87. The number of ether oxygens (including phenoxy) is 1. The summed E-state index contributed by atoms with van der Waals surface area (Å²) in [4.78, 5) is 11.1. The van der Waals surface area contributed by atoms with E-state index in [-0.39, 0.29) is 16.7 Å². The minimum absolute atomic E-state index is 0.0123. The molecule has 2 heterocycles. The summed E-state index contributed by atoms with van der Waals surface area (Å²) in [5.74, 6) is -1.68. The molecule has 0 saturated carbocycles. The van der Waals surface area contributed by atoms with Crippen LogP contribution in [0, 0.1) is 0 Å². The van der Waals surface area contributed by atoms with Crippen molar-refractivity contribution in [2.45, 2.75) is 38.5 Å². The van der Waals surface area contributed by atoms with Gasteiger partial charge in [-0.25, -0.2) is 4.79 Å². The van der Waals surface area contributed by atoms with Gasteiger partial charge in [-0.3, -0.25) is 0 Å². The van der Waals surface area contributed by atoms with Crippen LogP contribution < -0.4 is 4.74 Å². The van der Waals surface area contributed by atoms with E-state index < -0.39 is 23.8 Å². The first-order valence-corrected chi connectivity index (χ1v) is 7.22. The maximum absolute atomic E-state index is 13.1. The van der Waals surface area contributed by atoms with Gasteiger partial charge in [0.05, 0.1) is 11.8 Å². The molecule has 3 rings (SSSR count). The van der Waals surface area contributed by atoms with Crippen LogP contribution in [0.1, 0.15) is 31.9 Å². The highest BCUT2D eigenvalue weighted by atomic mass is 19.4. The van der Waals surface area contributed by atoms with Gasteiger partial charge in [0.15, 0.2) is 0 Å². The largest absolute Gasteiger partial charge is 0.478 e. The fraction of sp³-hybridized carbons (Fsp3) is 0.353. The van der Waals surface area contributed by atoms with Crippen LogP contribution in [0.15, 0.2) is 28.4 Å².